The van der Waals surface area contributed by atoms with E-state index in [0.29, 0.717) is 13.2 Å². The summed E-state index contributed by atoms with van der Waals surface area (Å²) >= 11 is 0. The average Bonchev–Trinajstić information content (AvgIpc) is 2.87. The number of amides is 1. The van der Waals surface area contributed by atoms with Crippen LogP contribution in [0.25, 0.3) is 0 Å². The molecule has 1 aliphatic rings. The first kappa shape index (κ1) is 12.9. The van der Waals surface area contributed by atoms with E-state index < -0.39 is 12.3 Å². The number of carbonyl (C=O) groups is 1. The zero-order valence-corrected chi connectivity index (χ0v) is 9.79. The lowest BCUT2D eigenvalue weighted by atomic mass is 10.0. The van der Waals surface area contributed by atoms with Crippen molar-refractivity contribution in [2.45, 2.75) is 19.3 Å². The molecule has 0 aromatic carbocycles. The number of aromatic nitrogens is 2. The van der Waals surface area contributed by atoms with Gasteiger partial charge in [0.2, 0.25) is 0 Å². The highest BCUT2D eigenvalue weighted by Crippen LogP contribution is 2.16. The van der Waals surface area contributed by atoms with Gasteiger partial charge in [-0.15, -0.1) is 0 Å². The number of rotatable bonds is 4. The normalized spacial score (nSPS) is 20.1. The molecule has 1 saturated heterocycles. The number of halogens is 2. The summed E-state index contributed by atoms with van der Waals surface area (Å²) in [7, 11) is 0. The second-order valence-electron chi connectivity index (χ2n) is 4.30. The molecule has 2 heterocycles. The molecule has 1 aromatic heterocycles. The number of alkyl halides is 2. The molecular formula is C11H15F2N3O2. The molecule has 1 aliphatic heterocycles. The van der Waals surface area contributed by atoms with E-state index in [1.165, 1.54) is 0 Å². The topological polar surface area (TPSA) is 67.0 Å². The Bertz CT molecular complexity index is 403. The summed E-state index contributed by atoms with van der Waals surface area (Å²) in [5.74, 6) is -0.153. The molecule has 0 spiro atoms. The van der Waals surface area contributed by atoms with Gasteiger partial charge in [-0.2, -0.15) is 5.10 Å². The summed E-state index contributed by atoms with van der Waals surface area (Å²) in [5.41, 5.74) is -0.358. The Hall–Kier alpha value is -1.50. The Kier molecular flexibility index (Phi) is 4.24. The summed E-state index contributed by atoms with van der Waals surface area (Å²) in [4.78, 5) is 11.6. The number of H-pyrrole nitrogens is 1. The van der Waals surface area contributed by atoms with Crippen molar-refractivity contribution >= 4 is 5.91 Å². The number of ether oxygens (including phenoxy) is 1. The Balaban J connectivity index is 1.83. The van der Waals surface area contributed by atoms with Crippen LogP contribution in [0.1, 0.15) is 35.4 Å². The maximum atomic E-state index is 12.3. The molecule has 2 rings (SSSR count). The fraction of sp³-hybridized carbons (Fsp3) is 0.636. The van der Waals surface area contributed by atoms with Gasteiger partial charge < -0.3 is 10.1 Å². The van der Waals surface area contributed by atoms with Crippen LogP contribution in [0.5, 0.6) is 0 Å². The molecule has 0 bridgehead atoms. The molecule has 18 heavy (non-hydrogen) atoms. The molecule has 0 unspecified atom stereocenters. The summed E-state index contributed by atoms with van der Waals surface area (Å²) in [6, 6.07) is 1.07. The molecular weight excluding hydrogens is 244 g/mol. The van der Waals surface area contributed by atoms with Gasteiger partial charge in [-0.3, -0.25) is 9.89 Å². The van der Waals surface area contributed by atoms with Crippen molar-refractivity contribution in [3.8, 4) is 0 Å². The van der Waals surface area contributed by atoms with Gasteiger partial charge in [0.1, 0.15) is 11.4 Å². The van der Waals surface area contributed by atoms with Gasteiger partial charge in [0.15, 0.2) is 0 Å². The number of nitrogens with zero attached hydrogens (tertiary/aromatic N) is 1. The highest BCUT2D eigenvalue weighted by Gasteiger charge is 2.18. The standard InChI is InChI=1S/C11H15F2N3O2/c12-10(13)8-4-9(16-15-8)11(17)14-5-7-2-1-3-18-6-7/h4,7,10H,1-3,5-6H2,(H,14,17)(H,15,16)/t7-/m0/s1. The van der Waals surface area contributed by atoms with E-state index in [0.717, 1.165) is 25.5 Å². The molecule has 7 heteroatoms. The SMILES string of the molecule is O=C(NC[C@@H]1CCCOC1)c1cc(C(F)F)[nH]n1. The highest BCUT2D eigenvalue weighted by atomic mass is 19.3. The smallest absolute Gasteiger partial charge is 0.279 e. The van der Waals surface area contributed by atoms with Gasteiger partial charge in [-0.05, 0) is 24.8 Å². The predicted octanol–water partition coefficient (Wildman–Crippen LogP) is 1.50. The summed E-state index contributed by atoms with van der Waals surface area (Å²) in [6.45, 7) is 1.88. The van der Waals surface area contributed by atoms with Gasteiger partial charge in [0.25, 0.3) is 12.3 Å². The Labute approximate surface area is 103 Å². The molecule has 1 atom stereocenters. The molecule has 0 saturated carbocycles. The third-order valence-corrected chi connectivity index (χ3v) is 2.87. The maximum Gasteiger partial charge on any atom is 0.279 e. The van der Waals surface area contributed by atoms with Crippen LogP contribution in [0, 0.1) is 5.92 Å². The fourth-order valence-electron chi connectivity index (χ4n) is 1.86. The van der Waals surface area contributed by atoms with Crippen molar-refractivity contribution in [1.82, 2.24) is 15.5 Å². The van der Waals surface area contributed by atoms with Gasteiger partial charge in [0, 0.05) is 13.2 Å². The number of hydrogen-bond acceptors (Lipinski definition) is 3. The first-order valence-corrected chi connectivity index (χ1v) is 5.86. The fourth-order valence-corrected chi connectivity index (χ4v) is 1.86. The van der Waals surface area contributed by atoms with E-state index in [1.54, 1.807) is 0 Å². The third kappa shape index (κ3) is 3.25. The minimum atomic E-state index is -2.65. The second kappa shape index (κ2) is 5.90. The van der Waals surface area contributed by atoms with E-state index in [-0.39, 0.29) is 17.3 Å². The van der Waals surface area contributed by atoms with Crippen molar-refractivity contribution in [1.29, 1.82) is 0 Å². The first-order chi connectivity index (χ1) is 8.66. The zero-order chi connectivity index (χ0) is 13.0. The van der Waals surface area contributed by atoms with E-state index in [9.17, 15) is 13.6 Å². The maximum absolute atomic E-state index is 12.3. The lowest BCUT2D eigenvalue weighted by Crippen LogP contribution is -2.33. The van der Waals surface area contributed by atoms with E-state index in [4.69, 9.17) is 4.74 Å². The van der Waals surface area contributed by atoms with Crippen LogP contribution >= 0.6 is 0 Å². The van der Waals surface area contributed by atoms with Crippen LogP contribution in [-0.4, -0.2) is 35.9 Å². The highest BCUT2D eigenvalue weighted by molar-refractivity contribution is 5.92. The minimum Gasteiger partial charge on any atom is -0.381 e. The van der Waals surface area contributed by atoms with Gasteiger partial charge in [0.05, 0.1) is 6.61 Å². The quantitative estimate of drug-likeness (QED) is 0.861. The van der Waals surface area contributed by atoms with Crippen molar-refractivity contribution in [3.05, 3.63) is 17.5 Å². The van der Waals surface area contributed by atoms with E-state index >= 15 is 0 Å². The van der Waals surface area contributed by atoms with Crippen LogP contribution in [0.3, 0.4) is 0 Å². The molecule has 0 aliphatic carbocycles. The second-order valence-corrected chi connectivity index (χ2v) is 4.30. The molecule has 1 fully saturated rings. The van der Waals surface area contributed by atoms with Crippen LogP contribution in [0.4, 0.5) is 8.78 Å². The lowest BCUT2D eigenvalue weighted by molar-refractivity contribution is 0.0535. The molecule has 100 valence electrons. The van der Waals surface area contributed by atoms with Crippen LogP contribution in [-0.2, 0) is 4.74 Å². The Morgan fingerprint density at radius 1 is 1.67 bits per heavy atom. The summed E-state index contributed by atoms with van der Waals surface area (Å²) < 4.78 is 29.9. The van der Waals surface area contributed by atoms with Crippen molar-refractivity contribution in [2.24, 2.45) is 5.92 Å². The zero-order valence-electron chi connectivity index (χ0n) is 9.79. The van der Waals surface area contributed by atoms with Crippen molar-refractivity contribution in [3.63, 3.8) is 0 Å². The monoisotopic (exact) mass is 259 g/mol. The van der Waals surface area contributed by atoms with Crippen LogP contribution in [0.15, 0.2) is 6.07 Å². The van der Waals surface area contributed by atoms with Crippen LogP contribution in [0.2, 0.25) is 0 Å². The van der Waals surface area contributed by atoms with Gasteiger partial charge in [-0.1, -0.05) is 0 Å². The van der Waals surface area contributed by atoms with Gasteiger partial charge >= 0.3 is 0 Å². The molecule has 0 radical (unpaired) electrons. The minimum absolute atomic E-state index is 0.0120. The summed E-state index contributed by atoms with van der Waals surface area (Å²) in [6.07, 6.45) is -0.660. The average molecular weight is 259 g/mol. The predicted molar refractivity (Wildman–Crippen MR) is 59.4 cm³/mol. The van der Waals surface area contributed by atoms with Crippen LogP contribution < -0.4 is 5.32 Å². The first-order valence-electron chi connectivity index (χ1n) is 5.86. The number of carbonyl (C=O) groups excluding carboxylic acids is 1. The largest absolute Gasteiger partial charge is 0.381 e. The molecule has 1 amide bonds. The van der Waals surface area contributed by atoms with E-state index in [1.807, 2.05) is 0 Å². The molecule has 1 aromatic rings. The van der Waals surface area contributed by atoms with Crippen molar-refractivity contribution < 1.29 is 18.3 Å². The van der Waals surface area contributed by atoms with E-state index in [2.05, 4.69) is 15.5 Å². The number of aromatic amines is 1. The van der Waals surface area contributed by atoms with Gasteiger partial charge in [-0.25, -0.2) is 8.78 Å². The number of nitrogens with one attached hydrogen (secondary N) is 2. The van der Waals surface area contributed by atoms with Crippen molar-refractivity contribution in [2.75, 3.05) is 19.8 Å². The molecule has 2 N–H and O–H groups in total. The summed E-state index contributed by atoms with van der Waals surface area (Å²) in [5, 5.41) is 8.37. The Morgan fingerprint density at radius 2 is 2.50 bits per heavy atom. The third-order valence-electron chi connectivity index (χ3n) is 2.87. The lowest BCUT2D eigenvalue weighted by Gasteiger charge is -2.21. The Morgan fingerprint density at radius 3 is 3.11 bits per heavy atom. The molecule has 5 nitrogen and oxygen atoms in total. The number of hydrogen-bond donors (Lipinski definition) is 2.